The Kier molecular flexibility index (Phi) is 6.81. The average Bonchev–Trinajstić information content (AvgIpc) is 3.33. The van der Waals surface area contributed by atoms with Crippen molar-refractivity contribution in [2.24, 2.45) is 0 Å². The van der Waals surface area contributed by atoms with Gasteiger partial charge in [0.15, 0.2) is 11.0 Å². The quantitative estimate of drug-likeness (QED) is 0.275. The van der Waals surface area contributed by atoms with E-state index in [9.17, 15) is 13.6 Å². The summed E-state index contributed by atoms with van der Waals surface area (Å²) in [4.78, 5) is 17.5. The molecule has 2 heterocycles. The lowest BCUT2D eigenvalue weighted by Crippen LogP contribution is -2.19. The maximum absolute atomic E-state index is 13.7. The summed E-state index contributed by atoms with van der Waals surface area (Å²) in [6.45, 7) is 0. The molecule has 6 nitrogen and oxygen atoms in total. The van der Waals surface area contributed by atoms with E-state index < -0.39 is 11.1 Å². The number of hydrogen-bond acceptors (Lipinski definition) is 5. The van der Waals surface area contributed by atoms with E-state index in [1.165, 1.54) is 48.2 Å². The lowest BCUT2D eigenvalue weighted by atomic mass is 10.1. The molecule has 9 heteroatoms. The van der Waals surface area contributed by atoms with Crippen LogP contribution >= 0.6 is 11.8 Å². The number of aromatic nitrogens is 4. The topological polar surface area (TPSA) is 72.7 Å². The molecule has 1 atom stereocenters. The molecule has 1 amide bonds. The zero-order chi connectivity index (χ0) is 24.9. The molecule has 0 fully saturated rings. The Balaban J connectivity index is 1.56. The van der Waals surface area contributed by atoms with E-state index >= 15 is 0 Å². The van der Waals surface area contributed by atoms with Gasteiger partial charge in [0.2, 0.25) is 5.91 Å². The Bertz CT molecular complexity index is 1460. The van der Waals surface area contributed by atoms with Crippen LogP contribution in [0.5, 0.6) is 0 Å². The minimum Gasteiger partial charge on any atom is -0.325 e. The summed E-state index contributed by atoms with van der Waals surface area (Å²) in [5, 5.41) is 11.4. The van der Waals surface area contributed by atoms with Crippen LogP contribution in [-0.4, -0.2) is 25.7 Å². The van der Waals surface area contributed by atoms with Crippen LogP contribution in [0.3, 0.4) is 0 Å². The van der Waals surface area contributed by atoms with Crippen LogP contribution in [0.4, 0.5) is 14.5 Å². The third kappa shape index (κ3) is 5.16. The molecule has 2 aromatic heterocycles. The summed E-state index contributed by atoms with van der Waals surface area (Å²) in [6, 6.07) is 24.4. The molecule has 36 heavy (non-hydrogen) atoms. The van der Waals surface area contributed by atoms with Gasteiger partial charge in [-0.3, -0.25) is 14.3 Å². The second kappa shape index (κ2) is 10.5. The van der Waals surface area contributed by atoms with Gasteiger partial charge in [-0.25, -0.2) is 8.78 Å². The first-order valence-electron chi connectivity index (χ1n) is 11.0. The Morgan fingerprint density at radius 2 is 1.44 bits per heavy atom. The monoisotopic (exact) mass is 499 g/mol. The Hall–Kier alpha value is -4.37. The molecule has 5 rings (SSSR count). The Morgan fingerprint density at radius 1 is 0.806 bits per heavy atom. The Labute approximate surface area is 210 Å². The highest BCUT2D eigenvalue weighted by Gasteiger charge is 2.27. The van der Waals surface area contributed by atoms with Gasteiger partial charge < -0.3 is 5.32 Å². The van der Waals surface area contributed by atoms with E-state index in [1.54, 1.807) is 41.2 Å². The van der Waals surface area contributed by atoms with Crippen molar-refractivity contribution < 1.29 is 13.6 Å². The number of hydrogen-bond donors (Lipinski definition) is 1. The summed E-state index contributed by atoms with van der Waals surface area (Å²) >= 11 is 1.21. The smallest absolute Gasteiger partial charge is 0.242 e. The normalized spacial score (nSPS) is 11.7. The predicted octanol–water partition coefficient (Wildman–Crippen LogP) is 6.08. The van der Waals surface area contributed by atoms with E-state index in [1.807, 2.05) is 30.3 Å². The fourth-order valence-electron chi connectivity index (χ4n) is 3.60. The fraction of sp³-hybridized carbons (Fsp3) is 0.0370. The van der Waals surface area contributed by atoms with Crippen molar-refractivity contribution >= 4 is 23.4 Å². The van der Waals surface area contributed by atoms with E-state index in [4.69, 9.17) is 0 Å². The molecule has 0 saturated heterocycles. The van der Waals surface area contributed by atoms with Crippen molar-refractivity contribution in [3.05, 3.63) is 121 Å². The molecule has 0 aliphatic rings. The van der Waals surface area contributed by atoms with Gasteiger partial charge in [0.05, 0.1) is 0 Å². The van der Waals surface area contributed by atoms with Crippen molar-refractivity contribution in [1.82, 2.24) is 19.7 Å². The van der Waals surface area contributed by atoms with E-state index in [-0.39, 0.29) is 11.7 Å². The molecule has 0 radical (unpaired) electrons. The van der Waals surface area contributed by atoms with Crippen LogP contribution in [0.1, 0.15) is 10.8 Å². The standard InChI is InChI=1S/C27H19F2N5OS/c28-20-6-10-22(11-7-20)31-26(35)24(18-4-2-1-3-5-18)36-27-33-32-25(19-14-16-30-17-15-19)34(27)23-12-8-21(29)9-13-23/h1-17,24H,(H,31,35). The summed E-state index contributed by atoms with van der Waals surface area (Å²) < 4.78 is 28.8. The zero-order valence-corrected chi connectivity index (χ0v) is 19.6. The van der Waals surface area contributed by atoms with Gasteiger partial charge >= 0.3 is 0 Å². The van der Waals surface area contributed by atoms with Gasteiger partial charge in [-0.1, -0.05) is 42.1 Å². The second-order valence-electron chi connectivity index (χ2n) is 7.76. The average molecular weight is 500 g/mol. The molecular formula is C27H19F2N5OS. The minimum absolute atomic E-state index is 0.308. The van der Waals surface area contributed by atoms with Crippen molar-refractivity contribution in [2.75, 3.05) is 5.32 Å². The first kappa shape index (κ1) is 23.4. The minimum atomic E-state index is -0.704. The highest BCUT2D eigenvalue weighted by Crippen LogP contribution is 2.38. The van der Waals surface area contributed by atoms with E-state index in [0.717, 1.165) is 11.1 Å². The predicted molar refractivity (Wildman–Crippen MR) is 135 cm³/mol. The SMILES string of the molecule is O=C(Nc1ccc(F)cc1)C(Sc1nnc(-c2ccncc2)n1-c1ccc(F)cc1)c1ccccc1. The van der Waals surface area contributed by atoms with Crippen LogP contribution in [0, 0.1) is 11.6 Å². The molecular weight excluding hydrogens is 480 g/mol. The molecule has 0 saturated carbocycles. The molecule has 1 unspecified atom stereocenters. The molecule has 178 valence electrons. The molecule has 1 N–H and O–H groups in total. The number of anilines is 1. The molecule has 0 spiro atoms. The van der Waals surface area contributed by atoms with Gasteiger partial charge in [0, 0.05) is 29.3 Å². The number of nitrogens with one attached hydrogen (secondary N) is 1. The maximum atomic E-state index is 13.7. The number of nitrogens with zero attached hydrogens (tertiary/aromatic N) is 4. The summed E-state index contributed by atoms with van der Waals surface area (Å²) in [7, 11) is 0. The second-order valence-corrected chi connectivity index (χ2v) is 8.83. The van der Waals surface area contributed by atoms with Crippen molar-refractivity contribution in [3.8, 4) is 17.1 Å². The van der Waals surface area contributed by atoms with Crippen LogP contribution in [0.15, 0.2) is 109 Å². The van der Waals surface area contributed by atoms with Gasteiger partial charge in [-0.2, -0.15) is 0 Å². The van der Waals surface area contributed by atoms with Crippen molar-refractivity contribution in [1.29, 1.82) is 0 Å². The first-order valence-corrected chi connectivity index (χ1v) is 11.9. The van der Waals surface area contributed by atoms with Gasteiger partial charge in [-0.05, 0) is 66.2 Å². The molecule has 5 aromatic rings. The lowest BCUT2D eigenvalue weighted by Gasteiger charge is -2.18. The number of rotatable bonds is 7. The number of carbonyl (C=O) groups is 1. The first-order chi connectivity index (χ1) is 17.6. The van der Waals surface area contributed by atoms with Crippen molar-refractivity contribution in [2.45, 2.75) is 10.4 Å². The number of carbonyl (C=O) groups excluding carboxylic acids is 1. The van der Waals surface area contributed by atoms with Gasteiger partial charge in [0.1, 0.15) is 16.9 Å². The number of amides is 1. The lowest BCUT2D eigenvalue weighted by molar-refractivity contribution is -0.115. The van der Waals surface area contributed by atoms with Gasteiger partial charge in [0.25, 0.3) is 0 Å². The van der Waals surface area contributed by atoms with E-state index in [0.29, 0.717) is 22.4 Å². The van der Waals surface area contributed by atoms with Gasteiger partial charge in [-0.15, -0.1) is 10.2 Å². The third-order valence-corrected chi connectivity index (χ3v) is 6.53. The number of benzene rings is 3. The van der Waals surface area contributed by atoms with Crippen molar-refractivity contribution in [3.63, 3.8) is 0 Å². The fourth-order valence-corrected chi connectivity index (χ4v) is 4.66. The van der Waals surface area contributed by atoms with E-state index in [2.05, 4.69) is 20.5 Å². The van der Waals surface area contributed by atoms with Crippen LogP contribution in [0.2, 0.25) is 0 Å². The molecule has 3 aromatic carbocycles. The highest BCUT2D eigenvalue weighted by molar-refractivity contribution is 8.00. The third-order valence-electron chi connectivity index (χ3n) is 5.33. The zero-order valence-electron chi connectivity index (χ0n) is 18.8. The summed E-state index contributed by atoms with van der Waals surface area (Å²) in [5.74, 6) is -0.542. The molecule has 0 bridgehead atoms. The number of thioether (sulfide) groups is 1. The highest BCUT2D eigenvalue weighted by atomic mass is 32.2. The summed E-state index contributed by atoms with van der Waals surface area (Å²) in [5.41, 5.74) is 2.63. The largest absolute Gasteiger partial charge is 0.325 e. The molecule has 0 aliphatic carbocycles. The summed E-state index contributed by atoms with van der Waals surface area (Å²) in [6.07, 6.45) is 3.30. The van der Waals surface area contributed by atoms with Crippen LogP contribution in [-0.2, 0) is 4.79 Å². The molecule has 0 aliphatic heterocycles. The van der Waals surface area contributed by atoms with Crippen LogP contribution < -0.4 is 5.32 Å². The van der Waals surface area contributed by atoms with Crippen LogP contribution in [0.25, 0.3) is 17.1 Å². The maximum Gasteiger partial charge on any atom is 0.242 e. The number of pyridine rings is 1. The number of halogens is 2. The Morgan fingerprint density at radius 3 is 2.11 bits per heavy atom.